The SMILES string of the molecule is C=CCC(NC(=O)OCC1c2ccccc2-c2ccccc21)C(=O)NCc1cc(C(=O)O)n(C)n1. The third kappa shape index (κ3) is 5.08. The highest BCUT2D eigenvalue weighted by Crippen LogP contribution is 2.44. The van der Waals surface area contributed by atoms with Gasteiger partial charge >= 0.3 is 12.1 Å². The molecule has 0 aliphatic heterocycles. The van der Waals surface area contributed by atoms with E-state index in [9.17, 15) is 14.4 Å². The standard InChI is InChI=1S/C26H26N4O5/c1-3-8-22(24(31)27-14-16-13-23(25(32)33)30(2)29-16)28-26(34)35-15-21-19-11-6-4-9-17(19)18-10-5-7-12-20(18)21/h3-7,9-13,21-22H,1,8,14-15H2,2H3,(H,27,31)(H,28,34)(H,32,33). The summed E-state index contributed by atoms with van der Waals surface area (Å²) in [6.45, 7) is 3.80. The Bertz CT molecular complexity index is 1240. The van der Waals surface area contributed by atoms with E-state index in [0.717, 1.165) is 22.3 Å². The monoisotopic (exact) mass is 474 g/mol. The lowest BCUT2D eigenvalue weighted by Gasteiger charge is -2.18. The third-order valence-corrected chi connectivity index (χ3v) is 5.95. The Balaban J connectivity index is 1.36. The molecule has 3 N–H and O–H groups in total. The van der Waals surface area contributed by atoms with E-state index >= 15 is 0 Å². The molecule has 1 atom stereocenters. The molecule has 0 bridgehead atoms. The fraction of sp³-hybridized carbons (Fsp3) is 0.231. The average molecular weight is 475 g/mol. The van der Waals surface area contributed by atoms with Crippen LogP contribution in [0.2, 0.25) is 0 Å². The minimum Gasteiger partial charge on any atom is -0.477 e. The summed E-state index contributed by atoms with van der Waals surface area (Å²) in [7, 11) is 1.51. The Morgan fingerprint density at radius 2 is 1.77 bits per heavy atom. The van der Waals surface area contributed by atoms with Crippen molar-refractivity contribution in [2.75, 3.05) is 6.61 Å². The number of hydrogen-bond donors (Lipinski definition) is 3. The molecule has 0 saturated heterocycles. The van der Waals surface area contributed by atoms with Gasteiger partial charge in [-0.3, -0.25) is 9.48 Å². The molecule has 3 aromatic rings. The summed E-state index contributed by atoms with van der Waals surface area (Å²) in [5.74, 6) is -1.66. The van der Waals surface area contributed by atoms with Gasteiger partial charge in [-0.1, -0.05) is 54.6 Å². The number of nitrogens with zero attached hydrogens (tertiary/aromatic N) is 2. The predicted octanol–water partition coefficient (Wildman–Crippen LogP) is 3.22. The van der Waals surface area contributed by atoms with Crippen molar-refractivity contribution in [1.29, 1.82) is 0 Å². The van der Waals surface area contributed by atoms with Gasteiger partial charge in [0.15, 0.2) is 0 Å². The molecular weight excluding hydrogens is 448 g/mol. The molecule has 1 unspecified atom stereocenters. The summed E-state index contributed by atoms with van der Waals surface area (Å²) in [5.41, 5.74) is 4.84. The minimum atomic E-state index is -1.11. The quantitative estimate of drug-likeness (QED) is 0.409. The second-order valence-corrected chi connectivity index (χ2v) is 8.21. The normalized spacial score (nSPS) is 12.8. The van der Waals surface area contributed by atoms with Crippen molar-refractivity contribution in [3.63, 3.8) is 0 Å². The van der Waals surface area contributed by atoms with E-state index in [1.54, 1.807) is 0 Å². The van der Waals surface area contributed by atoms with E-state index in [1.807, 2.05) is 36.4 Å². The molecule has 0 radical (unpaired) electrons. The zero-order valence-electron chi connectivity index (χ0n) is 19.2. The fourth-order valence-corrected chi connectivity index (χ4v) is 4.29. The number of carbonyl (C=O) groups is 3. The first-order valence-corrected chi connectivity index (χ1v) is 11.2. The number of carboxylic acid groups (broad SMARTS) is 1. The fourth-order valence-electron chi connectivity index (χ4n) is 4.29. The zero-order valence-corrected chi connectivity index (χ0v) is 19.2. The number of rotatable bonds is 9. The summed E-state index contributed by atoms with van der Waals surface area (Å²) in [6, 6.07) is 16.5. The van der Waals surface area contributed by atoms with E-state index in [-0.39, 0.29) is 31.2 Å². The maximum absolute atomic E-state index is 12.7. The van der Waals surface area contributed by atoms with Gasteiger partial charge in [0.25, 0.3) is 0 Å². The van der Waals surface area contributed by atoms with E-state index in [2.05, 4.69) is 34.4 Å². The average Bonchev–Trinajstić information content (AvgIpc) is 3.38. The number of aromatic nitrogens is 2. The highest BCUT2D eigenvalue weighted by molar-refractivity contribution is 5.87. The van der Waals surface area contributed by atoms with Gasteiger partial charge < -0.3 is 20.5 Å². The number of alkyl carbamates (subject to hydrolysis) is 1. The van der Waals surface area contributed by atoms with Crippen LogP contribution in [0.25, 0.3) is 11.1 Å². The lowest BCUT2D eigenvalue weighted by Crippen LogP contribution is -2.46. The Morgan fingerprint density at radius 3 is 2.34 bits per heavy atom. The second-order valence-electron chi connectivity index (χ2n) is 8.21. The molecule has 1 aliphatic rings. The van der Waals surface area contributed by atoms with E-state index < -0.39 is 24.0 Å². The van der Waals surface area contributed by atoms with Crippen molar-refractivity contribution >= 4 is 18.0 Å². The number of benzene rings is 2. The lowest BCUT2D eigenvalue weighted by molar-refractivity contribution is -0.123. The van der Waals surface area contributed by atoms with Crippen LogP contribution >= 0.6 is 0 Å². The molecule has 35 heavy (non-hydrogen) atoms. The van der Waals surface area contributed by atoms with Gasteiger partial charge in [-0.2, -0.15) is 5.10 Å². The van der Waals surface area contributed by atoms with Crippen LogP contribution in [-0.4, -0.2) is 45.5 Å². The Hall–Kier alpha value is -4.40. The van der Waals surface area contributed by atoms with Crippen molar-refractivity contribution in [2.24, 2.45) is 7.05 Å². The highest BCUT2D eigenvalue weighted by atomic mass is 16.5. The van der Waals surface area contributed by atoms with Gasteiger partial charge in [-0.15, -0.1) is 6.58 Å². The molecule has 4 rings (SSSR count). The smallest absolute Gasteiger partial charge is 0.407 e. The van der Waals surface area contributed by atoms with Gasteiger partial charge in [0, 0.05) is 13.0 Å². The molecular formula is C26H26N4O5. The van der Waals surface area contributed by atoms with Crippen LogP contribution in [0.1, 0.15) is 39.6 Å². The van der Waals surface area contributed by atoms with Gasteiger partial charge in [0.05, 0.1) is 12.2 Å². The van der Waals surface area contributed by atoms with Crippen LogP contribution in [-0.2, 0) is 23.1 Å². The van der Waals surface area contributed by atoms with Gasteiger partial charge in [-0.05, 0) is 34.7 Å². The van der Waals surface area contributed by atoms with Crippen LogP contribution < -0.4 is 10.6 Å². The van der Waals surface area contributed by atoms with Crippen molar-refractivity contribution in [1.82, 2.24) is 20.4 Å². The van der Waals surface area contributed by atoms with Gasteiger partial charge in [0.1, 0.15) is 18.3 Å². The maximum Gasteiger partial charge on any atom is 0.407 e. The van der Waals surface area contributed by atoms with Crippen LogP contribution in [0.5, 0.6) is 0 Å². The first kappa shape index (κ1) is 23.7. The number of fused-ring (bicyclic) bond motifs is 3. The Labute approximate surface area is 202 Å². The molecule has 1 aromatic heterocycles. The number of nitrogens with one attached hydrogen (secondary N) is 2. The van der Waals surface area contributed by atoms with Crippen molar-refractivity contribution in [2.45, 2.75) is 24.9 Å². The Kier molecular flexibility index (Phi) is 6.96. The molecule has 9 heteroatoms. The molecule has 2 aromatic carbocycles. The van der Waals surface area contributed by atoms with E-state index in [1.165, 1.54) is 23.9 Å². The molecule has 9 nitrogen and oxygen atoms in total. The number of hydrogen-bond acceptors (Lipinski definition) is 5. The molecule has 0 fully saturated rings. The number of aryl methyl sites for hydroxylation is 1. The summed E-state index contributed by atoms with van der Waals surface area (Å²) in [5, 5.41) is 18.5. The van der Waals surface area contributed by atoms with Crippen LogP contribution in [0.15, 0.2) is 67.3 Å². The van der Waals surface area contributed by atoms with Crippen LogP contribution in [0.3, 0.4) is 0 Å². The summed E-state index contributed by atoms with van der Waals surface area (Å²) >= 11 is 0. The largest absolute Gasteiger partial charge is 0.477 e. The minimum absolute atomic E-state index is 0.00801. The van der Waals surface area contributed by atoms with Crippen molar-refractivity contribution < 1.29 is 24.2 Å². The number of carbonyl (C=O) groups excluding carboxylic acids is 2. The molecule has 1 heterocycles. The molecule has 1 aliphatic carbocycles. The lowest BCUT2D eigenvalue weighted by atomic mass is 9.98. The molecule has 2 amide bonds. The molecule has 180 valence electrons. The number of ether oxygens (including phenoxy) is 1. The number of amides is 2. The van der Waals surface area contributed by atoms with E-state index in [4.69, 9.17) is 9.84 Å². The Morgan fingerprint density at radius 1 is 1.14 bits per heavy atom. The summed E-state index contributed by atoms with van der Waals surface area (Å²) in [6.07, 6.45) is 1.01. The zero-order chi connectivity index (χ0) is 24.9. The first-order chi connectivity index (χ1) is 16.9. The van der Waals surface area contributed by atoms with E-state index in [0.29, 0.717) is 5.69 Å². The second kappa shape index (κ2) is 10.3. The topological polar surface area (TPSA) is 123 Å². The third-order valence-electron chi connectivity index (χ3n) is 5.95. The predicted molar refractivity (Wildman–Crippen MR) is 129 cm³/mol. The van der Waals surface area contributed by atoms with Crippen LogP contribution in [0, 0.1) is 0 Å². The summed E-state index contributed by atoms with van der Waals surface area (Å²) in [4.78, 5) is 36.4. The van der Waals surface area contributed by atoms with Crippen molar-refractivity contribution in [3.8, 4) is 11.1 Å². The number of aromatic carboxylic acids is 1. The molecule has 0 saturated carbocycles. The highest BCUT2D eigenvalue weighted by Gasteiger charge is 2.29. The first-order valence-electron chi connectivity index (χ1n) is 11.2. The van der Waals surface area contributed by atoms with Gasteiger partial charge in [-0.25, -0.2) is 9.59 Å². The summed E-state index contributed by atoms with van der Waals surface area (Å²) < 4.78 is 6.75. The maximum atomic E-state index is 12.7. The van der Waals surface area contributed by atoms with Crippen molar-refractivity contribution in [3.05, 3.63) is 89.8 Å². The van der Waals surface area contributed by atoms with Crippen LogP contribution in [0.4, 0.5) is 4.79 Å². The molecule has 0 spiro atoms. The number of carboxylic acids is 1. The van der Waals surface area contributed by atoms with Gasteiger partial charge in [0.2, 0.25) is 5.91 Å².